The van der Waals surface area contributed by atoms with Gasteiger partial charge in [-0.05, 0) is 50.8 Å². The highest BCUT2D eigenvalue weighted by Gasteiger charge is 2.25. The third kappa shape index (κ3) is 6.78. The van der Waals surface area contributed by atoms with Crippen molar-refractivity contribution in [2.45, 2.75) is 30.1 Å². The second kappa shape index (κ2) is 11.6. The van der Waals surface area contributed by atoms with Crippen LogP contribution in [0.15, 0.2) is 53.4 Å². The van der Waals surface area contributed by atoms with Crippen molar-refractivity contribution in [2.75, 3.05) is 39.2 Å². The molecule has 7 heteroatoms. The van der Waals surface area contributed by atoms with E-state index in [0.29, 0.717) is 6.54 Å². The van der Waals surface area contributed by atoms with Crippen LogP contribution in [0.1, 0.15) is 24.7 Å². The zero-order chi connectivity index (χ0) is 22.1. The maximum Gasteiger partial charge on any atom is 0.302 e. The van der Waals surface area contributed by atoms with E-state index in [0.717, 1.165) is 34.9 Å². The third-order valence-electron chi connectivity index (χ3n) is 4.57. The average molecular weight is 431 g/mol. The van der Waals surface area contributed by atoms with E-state index < -0.39 is 0 Å². The minimum Gasteiger partial charge on any atom is -0.497 e. The predicted molar refractivity (Wildman–Crippen MR) is 121 cm³/mol. The van der Waals surface area contributed by atoms with Crippen LogP contribution in [0.25, 0.3) is 0 Å². The van der Waals surface area contributed by atoms with Gasteiger partial charge in [0, 0.05) is 24.9 Å². The van der Waals surface area contributed by atoms with Crippen molar-refractivity contribution in [3.05, 3.63) is 54.1 Å². The van der Waals surface area contributed by atoms with Crippen molar-refractivity contribution >= 4 is 29.8 Å². The fourth-order valence-corrected chi connectivity index (χ4v) is 4.30. The molecule has 0 aliphatic heterocycles. The Morgan fingerprint density at radius 1 is 1.10 bits per heavy atom. The van der Waals surface area contributed by atoms with Gasteiger partial charge >= 0.3 is 5.97 Å². The van der Waals surface area contributed by atoms with Crippen LogP contribution in [0.4, 0.5) is 5.69 Å². The molecule has 0 aliphatic rings. The molecule has 0 spiro atoms. The van der Waals surface area contributed by atoms with Crippen molar-refractivity contribution in [3.8, 4) is 5.75 Å². The molecule has 0 aliphatic carbocycles. The molecule has 0 N–H and O–H groups in total. The van der Waals surface area contributed by atoms with Gasteiger partial charge in [-0.1, -0.05) is 24.3 Å². The van der Waals surface area contributed by atoms with Crippen molar-refractivity contribution < 1.29 is 19.1 Å². The van der Waals surface area contributed by atoms with Gasteiger partial charge in [0.2, 0.25) is 6.41 Å². The number of benzene rings is 2. The quantitative estimate of drug-likeness (QED) is 0.305. The Kier molecular flexibility index (Phi) is 9.20. The van der Waals surface area contributed by atoms with Crippen LogP contribution >= 0.6 is 11.8 Å². The van der Waals surface area contributed by atoms with E-state index in [1.165, 1.54) is 6.92 Å². The number of amides is 1. The van der Waals surface area contributed by atoms with Gasteiger partial charge in [-0.2, -0.15) is 0 Å². The molecule has 0 unspecified atom stereocenters. The lowest BCUT2D eigenvalue weighted by Crippen LogP contribution is -2.31. The highest BCUT2D eigenvalue weighted by molar-refractivity contribution is 7.99. The summed E-state index contributed by atoms with van der Waals surface area (Å²) in [6, 6.07) is 15.5. The maximum absolute atomic E-state index is 11.8. The lowest BCUT2D eigenvalue weighted by Gasteiger charge is -2.27. The Morgan fingerprint density at radius 3 is 2.33 bits per heavy atom. The average Bonchev–Trinajstić information content (AvgIpc) is 2.72. The van der Waals surface area contributed by atoms with Gasteiger partial charge in [-0.3, -0.25) is 9.59 Å². The topological polar surface area (TPSA) is 59.1 Å². The molecule has 0 saturated heterocycles. The van der Waals surface area contributed by atoms with Crippen molar-refractivity contribution in [3.63, 3.8) is 0 Å². The van der Waals surface area contributed by atoms with Crippen LogP contribution in [0.3, 0.4) is 0 Å². The number of esters is 1. The third-order valence-corrected chi connectivity index (χ3v) is 6.08. The van der Waals surface area contributed by atoms with E-state index in [4.69, 9.17) is 9.47 Å². The summed E-state index contributed by atoms with van der Waals surface area (Å²) >= 11 is 1.58. The van der Waals surface area contributed by atoms with E-state index in [-0.39, 0.29) is 17.3 Å². The summed E-state index contributed by atoms with van der Waals surface area (Å²) in [6.45, 7) is 4.63. The molecular formula is C23H30N2O4S. The van der Waals surface area contributed by atoms with E-state index in [1.54, 1.807) is 23.8 Å². The summed E-state index contributed by atoms with van der Waals surface area (Å²) in [6.07, 6.45) is 0.501. The number of thioether (sulfide) groups is 1. The van der Waals surface area contributed by atoms with Crippen LogP contribution in [-0.2, 0) is 14.3 Å². The van der Waals surface area contributed by atoms with Crippen molar-refractivity contribution in [1.82, 2.24) is 4.90 Å². The fourth-order valence-electron chi connectivity index (χ4n) is 3.02. The molecule has 0 aromatic heterocycles. The number of likely N-dealkylation sites (N-methyl/N-ethyl adjacent to an activating group) is 1. The SMILES string of the molecule is COc1ccc([C@H](Sc2ccccc2N(C=O)CCN(C)C)[C@H](C)OC(C)=O)cc1. The predicted octanol–water partition coefficient (Wildman–Crippen LogP) is 4.00. The summed E-state index contributed by atoms with van der Waals surface area (Å²) in [5.41, 5.74) is 1.85. The van der Waals surface area contributed by atoms with E-state index in [2.05, 4.69) is 0 Å². The molecule has 2 aromatic rings. The van der Waals surface area contributed by atoms with Gasteiger partial charge in [0.1, 0.15) is 11.9 Å². The molecule has 0 heterocycles. The number of ether oxygens (including phenoxy) is 2. The Balaban J connectivity index is 2.36. The molecule has 0 bridgehead atoms. The second-order valence-electron chi connectivity index (χ2n) is 7.20. The zero-order valence-electron chi connectivity index (χ0n) is 18.2. The number of anilines is 1. The van der Waals surface area contributed by atoms with E-state index in [9.17, 15) is 9.59 Å². The normalized spacial score (nSPS) is 12.9. The molecular weight excluding hydrogens is 400 g/mol. The zero-order valence-corrected chi connectivity index (χ0v) is 19.0. The fraction of sp³-hybridized carbons (Fsp3) is 0.391. The highest BCUT2D eigenvalue weighted by Crippen LogP contribution is 2.43. The minimum absolute atomic E-state index is 0.150. The second-order valence-corrected chi connectivity index (χ2v) is 8.38. The lowest BCUT2D eigenvalue weighted by atomic mass is 10.1. The van der Waals surface area contributed by atoms with Crippen LogP contribution in [0.5, 0.6) is 5.75 Å². The summed E-state index contributed by atoms with van der Waals surface area (Å²) < 4.78 is 10.8. The van der Waals surface area contributed by atoms with Gasteiger partial charge < -0.3 is 19.3 Å². The molecule has 0 fully saturated rings. The van der Waals surface area contributed by atoms with Crippen molar-refractivity contribution in [2.24, 2.45) is 0 Å². The van der Waals surface area contributed by atoms with Gasteiger partial charge in [0.05, 0.1) is 18.0 Å². The number of nitrogens with zero attached hydrogens (tertiary/aromatic N) is 2. The van der Waals surface area contributed by atoms with Crippen LogP contribution in [0.2, 0.25) is 0 Å². The molecule has 2 atom stereocenters. The smallest absolute Gasteiger partial charge is 0.302 e. The Hall–Kier alpha value is -2.51. The van der Waals surface area contributed by atoms with E-state index in [1.807, 2.05) is 74.4 Å². The molecule has 30 heavy (non-hydrogen) atoms. The first-order chi connectivity index (χ1) is 14.3. The van der Waals surface area contributed by atoms with Gasteiger partial charge in [0.15, 0.2) is 0 Å². The first-order valence-electron chi connectivity index (χ1n) is 9.79. The molecule has 162 valence electrons. The highest BCUT2D eigenvalue weighted by atomic mass is 32.2. The number of hydrogen-bond donors (Lipinski definition) is 0. The summed E-state index contributed by atoms with van der Waals surface area (Å²) in [4.78, 5) is 28.1. The van der Waals surface area contributed by atoms with E-state index >= 15 is 0 Å². The monoisotopic (exact) mass is 430 g/mol. The number of carbonyl (C=O) groups is 2. The van der Waals surface area contributed by atoms with Gasteiger partial charge in [0.25, 0.3) is 0 Å². The Morgan fingerprint density at radius 2 is 1.77 bits per heavy atom. The van der Waals surface area contributed by atoms with Crippen LogP contribution < -0.4 is 9.64 Å². The standard InChI is InChI=1S/C23H30N2O4S/c1-17(29-18(2)27)23(19-10-12-20(28-5)13-11-19)30-22-9-7-6-8-21(22)25(16-26)15-14-24(3)4/h6-13,16-17,23H,14-15H2,1-5H3/t17-,23+/m0/s1. The first kappa shape index (κ1) is 23.8. The molecule has 0 radical (unpaired) electrons. The van der Waals surface area contributed by atoms with Crippen LogP contribution in [-0.4, -0.2) is 57.7 Å². The summed E-state index contributed by atoms with van der Waals surface area (Å²) in [5.74, 6) is 0.439. The van der Waals surface area contributed by atoms with Gasteiger partial charge in [-0.15, -0.1) is 11.8 Å². The number of carbonyl (C=O) groups excluding carboxylic acids is 2. The largest absolute Gasteiger partial charge is 0.497 e. The molecule has 2 aromatic carbocycles. The number of para-hydroxylation sites is 1. The van der Waals surface area contributed by atoms with Crippen molar-refractivity contribution in [1.29, 1.82) is 0 Å². The first-order valence-corrected chi connectivity index (χ1v) is 10.7. The Labute approximate surface area is 183 Å². The lowest BCUT2D eigenvalue weighted by molar-refractivity contribution is -0.145. The number of methoxy groups -OCH3 is 1. The molecule has 6 nitrogen and oxygen atoms in total. The summed E-state index contributed by atoms with van der Waals surface area (Å²) in [7, 11) is 5.58. The molecule has 2 rings (SSSR count). The summed E-state index contributed by atoms with van der Waals surface area (Å²) in [5, 5.41) is -0.150. The minimum atomic E-state index is -0.361. The van der Waals surface area contributed by atoms with Gasteiger partial charge in [-0.25, -0.2) is 0 Å². The Bertz CT molecular complexity index is 826. The number of rotatable bonds is 11. The maximum atomic E-state index is 11.8. The molecule has 0 saturated carbocycles. The molecule has 1 amide bonds. The van der Waals surface area contributed by atoms with Crippen LogP contribution in [0, 0.1) is 0 Å². The number of hydrogen-bond acceptors (Lipinski definition) is 6.